The van der Waals surface area contributed by atoms with E-state index in [-0.39, 0.29) is 19.8 Å². The summed E-state index contributed by atoms with van der Waals surface area (Å²) in [4.78, 5) is 11.8. The number of benzene rings is 2. The molecule has 92 valence electrons. The van der Waals surface area contributed by atoms with Gasteiger partial charge in [0, 0.05) is 0 Å². The van der Waals surface area contributed by atoms with Gasteiger partial charge in [-0.15, -0.1) is 0 Å². The molecule has 0 atom stereocenters. The average Bonchev–Trinajstić information content (AvgIpc) is 2.40. The van der Waals surface area contributed by atoms with E-state index in [1.807, 2.05) is 30.3 Å². The molecule has 0 fully saturated rings. The Kier molecular flexibility index (Phi) is 4.82. The van der Waals surface area contributed by atoms with Crippen molar-refractivity contribution in [3.63, 3.8) is 0 Å². The molecule has 2 nitrogen and oxygen atoms in total. The summed E-state index contributed by atoms with van der Waals surface area (Å²) in [6.45, 7) is 0. The number of halogens is 1. The molecule has 0 radical (unpaired) electrons. The van der Waals surface area contributed by atoms with Gasteiger partial charge in [0.25, 0.3) is 0 Å². The van der Waals surface area contributed by atoms with Gasteiger partial charge >= 0.3 is 118 Å². The van der Waals surface area contributed by atoms with Crippen molar-refractivity contribution < 1.29 is 4.79 Å². The molecule has 0 saturated heterocycles. The molecule has 0 heterocycles. The van der Waals surface area contributed by atoms with E-state index < -0.39 is 0 Å². The van der Waals surface area contributed by atoms with Crippen LogP contribution in [0.5, 0.6) is 0 Å². The van der Waals surface area contributed by atoms with E-state index in [2.05, 4.69) is 5.32 Å². The summed E-state index contributed by atoms with van der Waals surface area (Å²) >= 11 is 5.68. The van der Waals surface area contributed by atoms with Crippen molar-refractivity contribution in [3.8, 4) is 0 Å². The molecule has 2 aromatic rings. The third kappa shape index (κ3) is 4.19. The van der Waals surface area contributed by atoms with E-state index in [1.54, 1.807) is 24.3 Å². The summed E-state index contributed by atoms with van der Waals surface area (Å²) in [5.74, 6) is 0. The van der Waals surface area contributed by atoms with Gasteiger partial charge in [-0.1, -0.05) is 0 Å². The summed E-state index contributed by atoms with van der Waals surface area (Å²) in [6, 6.07) is 17.2. The molecular weight excluding hydrogens is 313 g/mol. The van der Waals surface area contributed by atoms with Gasteiger partial charge in [-0.05, 0) is 0 Å². The predicted molar refractivity (Wildman–Crippen MR) is 76.4 cm³/mol. The first-order valence-electron chi connectivity index (χ1n) is 5.47. The Balaban J connectivity index is 1.84. The summed E-state index contributed by atoms with van der Waals surface area (Å²) < 4.78 is 0. The first-order valence-corrected chi connectivity index (χ1v) is 7.92. The minimum atomic E-state index is -0.0962. The van der Waals surface area contributed by atoms with Gasteiger partial charge in [-0.3, -0.25) is 0 Å². The third-order valence-corrected chi connectivity index (χ3v) is 4.32. The number of anilines is 1. The number of rotatable bonds is 4. The molecule has 0 unspecified atom stereocenters. The Bertz CT molecular complexity index is 513. The summed E-state index contributed by atoms with van der Waals surface area (Å²) in [7, 11) is 0. The number of carbonyl (C=O) groups excluding carboxylic acids is 1. The van der Waals surface area contributed by atoms with Crippen molar-refractivity contribution in [3.05, 3.63) is 65.2 Å². The molecule has 2 aromatic carbocycles. The topological polar surface area (TPSA) is 29.1 Å². The Morgan fingerprint density at radius 1 is 1.06 bits per heavy atom. The van der Waals surface area contributed by atoms with Gasteiger partial charge in [-0.25, -0.2) is 0 Å². The Labute approximate surface area is 118 Å². The van der Waals surface area contributed by atoms with Crippen molar-refractivity contribution >= 4 is 37.1 Å². The van der Waals surface area contributed by atoms with Crippen LogP contribution in [0.15, 0.2) is 54.6 Å². The number of nitrogens with one attached hydrogen (secondary N) is 1. The monoisotopic (exact) mass is 325 g/mol. The number of hydrogen-bond donors (Lipinski definition) is 1. The minimum absolute atomic E-state index is 0.0775. The zero-order chi connectivity index (χ0) is 12.8. The van der Waals surface area contributed by atoms with E-state index >= 15 is 0 Å². The summed E-state index contributed by atoms with van der Waals surface area (Å²) in [5, 5.41) is 4.35. The first kappa shape index (κ1) is 13.2. The second-order valence-electron chi connectivity index (χ2n) is 3.69. The molecule has 0 saturated carbocycles. The second kappa shape index (κ2) is 6.60. The van der Waals surface area contributed by atoms with Crippen molar-refractivity contribution in [1.29, 1.82) is 0 Å². The van der Waals surface area contributed by atoms with Crippen LogP contribution in [0.4, 0.5) is 10.5 Å². The van der Waals surface area contributed by atoms with Crippen molar-refractivity contribution in [2.45, 2.75) is 5.32 Å². The zero-order valence-electron chi connectivity index (χ0n) is 9.60. The van der Waals surface area contributed by atoms with Gasteiger partial charge in [0.05, 0.1) is 0 Å². The van der Waals surface area contributed by atoms with Gasteiger partial charge in [-0.2, -0.15) is 0 Å². The maximum absolute atomic E-state index is 11.8. The van der Waals surface area contributed by atoms with Gasteiger partial charge in [0.15, 0.2) is 0 Å². The quantitative estimate of drug-likeness (QED) is 0.852. The average molecular weight is 325 g/mol. The third-order valence-electron chi connectivity index (χ3n) is 2.30. The van der Waals surface area contributed by atoms with Crippen molar-refractivity contribution in [1.82, 2.24) is 0 Å². The summed E-state index contributed by atoms with van der Waals surface area (Å²) in [5.41, 5.74) is 1.99. The molecule has 0 bridgehead atoms. The van der Waals surface area contributed by atoms with Crippen molar-refractivity contribution in [2.75, 3.05) is 5.32 Å². The van der Waals surface area contributed by atoms with E-state index in [0.29, 0.717) is 5.02 Å². The molecule has 1 N–H and O–H groups in total. The molecular formula is C14H12ClNOSe. The van der Waals surface area contributed by atoms with Crippen LogP contribution in [0.25, 0.3) is 0 Å². The van der Waals surface area contributed by atoms with E-state index in [1.165, 1.54) is 5.56 Å². The van der Waals surface area contributed by atoms with Crippen molar-refractivity contribution in [2.24, 2.45) is 0 Å². The van der Waals surface area contributed by atoms with Crippen LogP contribution in [-0.2, 0) is 5.32 Å². The Morgan fingerprint density at radius 2 is 1.72 bits per heavy atom. The normalized spacial score (nSPS) is 10.1. The number of carbonyl (C=O) groups is 1. The molecule has 0 aromatic heterocycles. The molecule has 0 aliphatic heterocycles. The number of amides is 1. The van der Waals surface area contributed by atoms with Crippen LogP contribution in [0.2, 0.25) is 5.02 Å². The second-order valence-corrected chi connectivity index (χ2v) is 6.12. The zero-order valence-corrected chi connectivity index (χ0v) is 12.1. The maximum atomic E-state index is 11.8. The van der Waals surface area contributed by atoms with Crippen LogP contribution in [0, 0.1) is 0 Å². The standard InChI is InChI=1S/C14H12ClNOSe/c15-12-6-8-13(9-7-12)16-14(17)18-10-11-4-2-1-3-5-11/h1-9H,10H2,(H,16,17). The Hall–Kier alpha value is -1.28. The van der Waals surface area contributed by atoms with Crippen LogP contribution in [-0.4, -0.2) is 19.8 Å². The first-order chi connectivity index (χ1) is 8.74. The molecule has 4 heteroatoms. The van der Waals surface area contributed by atoms with Gasteiger partial charge in [0.2, 0.25) is 0 Å². The molecule has 1 amide bonds. The van der Waals surface area contributed by atoms with Crippen LogP contribution in [0.3, 0.4) is 0 Å². The van der Waals surface area contributed by atoms with Gasteiger partial charge in [0.1, 0.15) is 0 Å². The van der Waals surface area contributed by atoms with E-state index in [0.717, 1.165) is 11.0 Å². The van der Waals surface area contributed by atoms with Crippen LogP contribution >= 0.6 is 11.6 Å². The molecule has 0 spiro atoms. The number of hydrogen-bond acceptors (Lipinski definition) is 1. The van der Waals surface area contributed by atoms with Crippen LogP contribution < -0.4 is 5.32 Å². The SMILES string of the molecule is O=C(Nc1ccc(Cl)cc1)[Se]Cc1ccccc1. The molecule has 0 aliphatic rings. The van der Waals surface area contributed by atoms with Gasteiger partial charge < -0.3 is 0 Å². The van der Waals surface area contributed by atoms with E-state index in [4.69, 9.17) is 11.6 Å². The van der Waals surface area contributed by atoms with E-state index in [9.17, 15) is 4.79 Å². The fourth-order valence-electron chi connectivity index (χ4n) is 1.41. The molecule has 18 heavy (non-hydrogen) atoms. The Morgan fingerprint density at radius 3 is 2.39 bits per heavy atom. The fraction of sp³-hybridized carbons (Fsp3) is 0.0714. The summed E-state index contributed by atoms with van der Waals surface area (Å²) in [6.07, 6.45) is 0. The predicted octanol–water partition coefficient (Wildman–Crippen LogP) is 3.78. The molecule has 0 aliphatic carbocycles. The fourth-order valence-corrected chi connectivity index (χ4v) is 2.96. The molecule has 2 rings (SSSR count). The van der Waals surface area contributed by atoms with Crippen LogP contribution in [0.1, 0.15) is 5.56 Å².